The molecule has 0 aromatic carbocycles. The van der Waals surface area contributed by atoms with Gasteiger partial charge < -0.3 is 5.11 Å². The van der Waals surface area contributed by atoms with Gasteiger partial charge in [0, 0.05) is 19.2 Å². The van der Waals surface area contributed by atoms with Crippen molar-refractivity contribution in [2.45, 2.75) is 50.6 Å². The van der Waals surface area contributed by atoms with E-state index in [1.165, 1.54) is 0 Å². The van der Waals surface area contributed by atoms with Crippen molar-refractivity contribution in [2.75, 3.05) is 6.61 Å². The van der Waals surface area contributed by atoms with Gasteiger partial charge in [0.2, 0.25) is 10.0 Å². The van der Waals surface area contributed by atoms with Gasteiger partial charge in [-0.05, 0) is 33.1 Å². The summed E-state index contributed by atoms with van der Waals surface area (Å²) in [7, 11) is -3.46. The molecule has 0 atom stereocenters. The Morgan fingerprint density at radius 1 is 1.44 bits per heavy atom. The highest BCUT2D eigenvalue weighted by Gasteiger charge is 2.31. The molecule has 2 rings (SSSR count). The van der Waals surface area contributed by atoms with Crippen LogP contribution in [0.2, 0.25) is 0 Å². The number of nitrogens with zero attached hydrogens (tertiary/aromatic N) is 2. The van der Waals surface area contributed by atoms with Crippen LogP contribution in [-0.4, -0.2) is 36.0 Å². The van der Waals surface area contributed by atoms with Crippen LogP contribution in [0.5, 0.6) is 0 Å². The summed E-state index contributed by atoms with van der Waals surface area (Å²) in [5.41, 5.74) is 1.15. The topological polar surface area (TPSA) is 84.2 Å². The first-order chi connectivity index (χ1) is 8.45. The molecule has 0 radical (unpaired) electrons. The Kier molecular flexibility index (Phi) is 3.74. The molecule has 1 aliphatic rings. The number of sulfonamides is 1. The van der Waals surface area contributed by atoms with E-state index in [2.05, 4.69) is 9.82 Å². The Hall–Kier alpha value is -0.920. The van der Waals surface area contributed by atoms with Crippen LogP contribution in [0.1, 0.15) is 30.7 Å². The molecule has 1 aliphatic carbocycles. The van der Waals surface area contributed by atoms with Gasteiger partial charge in [0.1, 0.15) is 4.90 Å². The molecule has 2 N–H and O–H groups in total. The number of nitrogens with one attached hydrogen (secondary N) is 1. The molecule has 1 fully saturated rings. The first kappa shape index (κ1) is 13.5. The summed E-state index contributed by atoms with van der Waals surface area (Å²) >= 11 is 0. The minimum Gasteiger partial charge on any atom is -0.396 e. The number of hydrogen-bond acceptors (Lipinski definition) is 4. The Balaban J connectivity index is 2.29. The van der Waals surface area contributed by atoms with Crippen molar-refractivity contribution >= 4 is 10.0 Å². The maximum atomic E-state index is 12.2. The number of aliphatic hydroxyl groups is 1. The highest BCUT2D eigenvalue weighted by molar-refractivity contribution is 7.89. The monoisotopic (exact) mass is 273 g/mol. The quantitative estimate of drug-likeness (QED) is 0.782. The molecule has 1 saturated carbocycles. The number of aliphatic hydroxyl groups excluding tert-OH is 1. The summed E-state index contributed by atoms with van der Waals surface area (Å²) in [6, 6.07) is 0.0922. The summed E-state index contributed by atoms with van der Waals surface area (Å²) < 4.78 is 28.7. The van der Waals surface area contributed by atoms with E-state index in [9.17, 15) is 8.42 Å². The fourth-order valence-corrected chi connectivity index (χ4v) is 3.70. The molecule has 18 heavy (non-hydrogen) atoms. The molecule has 0 saturated heterocycles. The van der Waals surface area contributed by atoms with Crippen LogP contribution in [0.15, 0.2) is 4.90 Å². The lowest BCUT2D eigenvalue weighted by Gasteiger charge is -2.06. The Bertz CT molecular complexity index is 532. The first-order valence-corrected chi connectivity index (χ1v) is 7.61. The highest BCUT2D eigenvalue weighted by Crippen LogP contribution is 2.25. The lowest BCUT2D eigenvalue weighted by atomic mass is 10.4. The van der Waals surface area contributed by atoms with E-state index in [1.807, 2.05) is 0 Å². The van der Waals surface area contributed by atoms with E-state index in [-0.39, 0.29) is 17.5 Å². The second-order valence-electron chi connectivity index (χ2n) is 4.70. The molecular weight excluding hydrogens is 254 g/mol. The minimum atomic E-state index is -3.46. The lowest BCUT2D eigenvalue weighted by molar-refractivity contribution is 0.276. The number of hydrogen-bond donors (Lipinski definition) is 2. The zero-order valence-electron chi connectivity index (χ0n) is 10.7. The largest absolute Gasteiger partial charge is 0.396 e. The Morgan fingerprint density at radius 3 is 2.67 bits per heavy atom. The standard InChI is InChI=1S/C11H19N3O3S/c1-8-11(18(16,17)13-10-4-5-10)9(2)14(12-8)6-3-7-15/h10,13,15H,3-7H2,1-2H3. The maximum absolute atomic E-state index is 12.2. The number of aromatic nitrogens is 2. The van der Waals surface area contributed by atoms with Crippen LogP contribution in [0.4, 0.5) is 0 Å². The van der Waals surface area contributed by atoms with Gasteiger partial charge in [-0.1, -0.05) is 0 Å². The predicted molar refractivity (Wildman–Crippen MR) is 66.7 cm³/mol. The molecule has 102 valence electrons. The second-order valence-corrected chi connectivity index (χ2v) is 6.35. The van der Waals surface area contributed by atoms with Gasteiger partial charge in [-0.3, -0.25) is 4.68 Å². The van der Waals surface area contributed by atoms with Crippen molar-refractivity contribution in [2.24, 2.45) is 0 Å². The van der Waals surface area contributed by atoms with Crippen molar-refractivity contribution in [1.29, 1.82) is 0 Å². The van der Waals surface area contributed by atoms with Gasteiger partial charge >= 0.3 is 0 Å². The van der Waals surface area contributed by atoms with Crippen molar-refractivity contribution in [3.05, 3.63) is 11.4 Å². The van der Waals surface area contributed by atoms with Crippen LogP contribution in [-0.2, 0) is 16.6 Å². The fraction of sp³-hybridized carbons (Fsp3) is 0.727. The van der Waals surface area contributed by atoms with Gasteiger partial charge in [0.25, 0.3) is 0 Å². The molecule has 0 amide bonds. The third-order valence-electron chi connectivity index (χ3n) is 3.01. The van der Waals surface area contributed by atoms with E-state index in [0.717, 1.165) is 12.8 Å². The predicted octanol–water partition coefficient (Wildman–Crippen LogP) is 0.323. The van der Waals surface area contributed by atoms with Crippen molar-refractivity contribution in [3.63, 3.8) is 0 Å². The smallest absolute Gasteiger partial charge is 0.244 e. The lowest BCUT2D eigenvalue weighted by Crippen LogP contribution is -2.26. The van der Waals surface area contributed by atoms with E-state index in [4.69, 9.17) is 5.11 Å². The van der Waals surface area contributed by atoms with Crippen LogP contribution in [0.3, 0.4) is 0 Å². The molecule has 6 nitrogen and oxygen atoms in total. The molecule has 1 aromatic rings. The van der Waals surface area contributed by atoms with Crippen molar-refractivity contribution < 1.29 is 13.5 Å². The fourth-order valence-electron chi connectivity index (χ4n) is 1.99. The number of aryl methyl sites for hydroxylation is 2. The highest BCUT2D eigenvalue weighted by atomic mass is 32.2. The molecule has 0 bridgehead atoms. The zero-order chi connectivity index (χ0) is 13.3. The van der Waals surface area contributed by atoms with E-state index in [0.29, 0.717) is 24.4 Å². The average Bonchev–Trinajstić information content (AvgIpc) is 3.01. The van der Waals surface area contributed by atoms with Gasteiger partial charge in [0.15, 0.2) is 0 Å². The number of rotatable bonds is 6. The Labute approximate surface area is 107 Å². The van der Waals surface area contributed by atoms with E-state index < -0.39 is 10.0 Å². The van der Waals surface area contributed by atoms with Gasteiger partial charge in [-0.15, -0.1) is 0 Å². The Morgan fingerprint density at radius 2 is 2.11 bits per heavy atom. The third-order valence-corrected chi connectivity index (χ3v) is 4.78. The average molecular weight is 273 g/mol. The molecule has 0 unspecified atom stereocenters. The van der Waals surface area contributed by atoms with Crippen LogP contribution in [0.25, 0.3) is 0 Å². The van der Waals surface area contributed by atoms with Crippen LogP contribution >= 0.6 is 0 Å². The normalized spacial score (nSPS) is 16.2. The van der Waals surface area contributed by atoms with Gasteiger partial charge in [-0.25, -0.2) is 13.1 Å². The van der Waals surface area contributed by atoms with Crippen molar-refractivity contribution in [1.82, 2.24) is 14.5 Å². The van der Waals surface area contributed by atoms with Crippen LogP contribution in [0, 0.1) is 13.8 Å². The third kappa shape index (κ3) is 2.73. The molecule has 0 spiro atoms. The zero-order valence-corrected chi connectivity index (χ0v) is 11.5. The van der Waals surface area contributed by atoms with Gasteiger partial charge in [0.05, 0.1) is 11.4 Å². The minimum absolute atomic E-state index is 0.0702. The molecular formula is C11H19N3O3S. The molecule has 1 aromatic heterocycles. The summed E-state index contributed by atoms with van der Waals surface area (Å²) in [5, 5.41) is 13.0. The summed E-state index contributed by atoms with van der Waals surface area (Å²) in [6.07, 6.45) is 2.39. The first-order valence-electron chi connectivity index (χ1n) is 6.13. The summed E-state index contributed by atoms with van der Waals surface area (Å²) in [4.78, 5) is 0.285. The molecule has 7 heteroatoms. The SMILES string of the molecule is Cc1nn(CCCO)c(C)c1S(=O)(=O)NC1CC1. The molecule has 0 aliphatic heterocycles. The van der Waals surface area contributed by atoms with E-state index in [1.54, 1.807) is 18.5 Å². The maximum Gasteiger partial charge on any atom is 0.244 e. The second kappa shape index (κ2) is 4.99. The van der Waals surface area contributed by atoms with E-state index >= 15 is 0 Å². The van der Waals surface area contributed by atoms with Crippen molar-refractivity contribution in [3.8, 4) is 0 Å². The van der Waals surface area contributed by atoms with Gasteiger partial charge in [-0.2, -0.15) is 5.10 Å². The summed E-state index contributed by atoms with van der Waals surface area (Å²) in [6.45, 7) is 4.05. The molecule has 1 heterocycles. The summed E-state index contributed by atoms with van der Waals surface area (Å²) in [5.74, 6) is 0. The van der Waals surface area contributed by atoms with Crippen LogP contribution < -0.4 is 4.72 Å².